The second-order valence-electron chi connectivity index (χ2n) is 5.48. The number of hydrogen-bond acceptors (Lipinski definition) is 3. The first-order valence-corrected chi connectivity index (χ1v) is 7.96. The van der Waals surface area contributed by atoms with Gasteiger partial charge in [0.2, 0.25) is 0 Å². The van der Waals surface area contributed by atoms with Gasteiger partial charge in [-0.1, -0.05) is 29.5 Å². The number of benzene rings is 2. The van der Waals surface area contributed by atoms with Gasteiger partial charge >= 0.3 is 0 Å². The Bertz CT molecular complexity index is 782. The van der Waals surface area contributed by atoms with Crippen LogP contribution in [0.25, 0.3) is 11.0 Å². The molecule has 0 aliphatic heterocycles. The average Bonchev–Trinajstić information content (AvgIpc) is 2.79. The number of fused-ring (bicyclic) bond motifs is 1. The highest BCUT2D eigenvalue weighted by molar-refractivity contribution is 7.98. The van der Waals surface area contributed by atoms with Gasteiger partial charge in [0.15, 0.2) is 5.16 Å². The number of nitrogen functional groups attached to an aromatic ring is 1. The van der Waals surface area contributed by atoms with Crippen molar-refractivity contribution in [2.45, 2.75) is 31.7 Å². The Balaban J connectivity index is 1.83. The molecule has 3 aromatic rings. The number of rotatable bonds is 3. The van der Waals surface area contributed by atoms with Crippen molar-refractivity contribution in [3.63, 3.8) is 0 Å². The minimum absolute atomic E-state index is 0.757. The molecule has 0 atom stereocenters. The zero-order valence-electron chi connectivity index (χ0n) is 12.5. The highest BCUT2D eigenvalue weighted by Gasteiger charge is 2.08. The number of hydrogen-bond donors (Lipinski definition) is 2. The first-order chi connectivity index (χ1) is 10.0. The van der Waals surface area contributed by atoms with Gasteiger partial charge in [0.05, 0.1) is 11.0 Å². The van der Waals surface area contributed by atoms with Crippen molar-refractivity contribution in [3.05, 3.63) is 52.6 Å². The molecular weight excluding hydrogens is 278 g/mol. The Morgan fingerprint density at radius 1 is 1.10 bits per heavy atom. The number of aromatic nitrogens is 2. The molecule has 0 fully saturated rings. The van der Waals surface area contributed by atoms with Gasteiger partial charge in [-0.25, -0.2) is 4.98 Å². The summed E-state index contributed by atoms with van der Waals surface area (Å²) in [4.78, 5) is 7.93. The van der Waals surface area contributed by atoms with E-state index in [4.69, 9.17) is 5.73 Å². The summed E-state index contributed by atoms with van der Waals surface area (Å²) in [6.07, 6.45) is 0. The number of aromatic amines is 1. The van der Waals surface area contributed by atoms with Gasteiger partial charge in [-0.2, -0.15) is 0 Å². The molecule has 3 rings (SSSR count). The Morgan fingerprint density at radius 2 is 1.81 bits per heavy atom. The standard InChI is InChI=1S/C17H19N3S/c1-10-6-11(2)14(12(3)7-10)9-21-17-19-15-5-4-13(18)8-16(15)20-17/h4-8H,9,18H2,1-3H3,(H,19,20). The Hall–Kier alpha value is -1.94. The first-order valence-electron chi connectivity index (χ1n) is 6.97. The van der Waals surface area contributed by atoms with Gasteiger partial charge in [0, 0.05) is 11.4 Å². The van der Waals surface area contributed by atoms with Gasteiger partial charge in [0.25, 0.3) is 0 Å². The van der Waals surface area contributed by atoms with Crippen molar-refractivity contribution >= 4 is 28.5 Å². The Morgan fingerprint density at radius 3 is 2.52 bits per heavy atom. The fraction of sp³-hybridized carbons (Fsp3) is 0.235. The van der Waals surface area contributed by atoms with Crippen LogP contribution in [0.5, 0.6) is 0 Å². The SMILES string of the molecule is Cc1cc(C)c(CSc2nc3ccc(N)cc3[nH]2)c(C)c1. The monoisotopic (exact) mass is 297 g/mol. The lowest BCUT2D eigenvalue weighted by molar-refractivity contribution is 1.07. The molecule has 1 heterocycles. The summed E-state index contributed by atoms with van der Waals surface area (Å²) >= 11 is 1.73. The number of thioether (sulfide) groups is 1. The van der Waals surface area contributed by atoms with Crippen LogP contribution in [0.15, 0.2) is 35.5 Å². The third kappa shape index (κ3) is 2.90. The molecule has 3 N–H and O–H groups in total. The molecule has 21 heavy (non-hydrogen) atoms. The molecule has 0 spiro atoms. The zero-order valence-corrected chi connectivity index (χ0v) is 13.3. The second kappa shape index (κ2) is 5.45. The number of nitrogens with zero attached hydrogens (tertiary/aromatic N) is 1. The lowest BCUT2D eigenvalue weighted by Crippen LogP contribution is -1.93. The average molecular weight is 297 g/mol. The van der Waals surface area contributed by atoms with Crippen molar-refractivity contribution in [1.29, 1.82) is 0 Å². The normalized spacial score (nSPS) is 11.2. The molecule has 0 aliphatic carbocycles. The first kappa shape index (κ1) is 14.0. The second-order valence-corrected chi connectivity index (χ2v) is 6.45. The summed E-state index contributed by atoms with van der Waals surface area (Å²) < 4.78 is 0. The number of anilines is 1. The maximum Gasteiger partial charge on any atom is 0.166 e. The molecule has 0 aliphatic rings. The molecule has 0 saturated heterocycles. The maximum absolute atomic E-state index is 5.80. The van der Waals surface area contributed by atoms with Crippen LogP contribution in [0, 0.1) is 20.8 Å². The fourth-order valence-electron chi connectivity index (χ4n) is 2.65. The Kier molecular flexibility index (Phi) is 3.64. The molecule has 3 nitrogen and oxygen atoms in total. The molecule has 0 amide bonds. The van der Waals surface area contributed by atoms with Crippen LogP contribution in [-0.2, 0) is 5.75 Å². The summed E-state index contributed by atoms with van der Waals surface area (Å²) in [7, 11) is 0. The third-order valence-electron chi connectivity index (χ3n) is 3.68. The minimum atomic E-state index is 0.757. The van der Waals surface area contributed by atoms with E-state index in [0.29, 0.717) is 0 Å². The van der Waals surface area contributed by atoms with Crippen molar-refractivity contribution in [3.8, 4) is 0 Å². The minimum Gasteiger partial charge on any atom is -0.399 e. The van der Waals surface area contributed by atoms with E-state index in [0.717, 1.165) is 27.6 Å². The highest BCUT2D eigenvalue weighted by atomic mass is 32.2. The number of aryl methyl sites for hydroxylation is 3. The van der Waals surface area contributed by atoms with Crippen LogP contribution >= 0.6 is 11.8 Å². The summed E-state index contributed by atoms with van der Waals surface area (Å²) in [6.45, 7) is 6.49. The fourth-order valence-corrected chi connectivity index (χ4v) is 3.73. The molecule has 0 saturated carbocycles. The van der Waals surface area contributed by atoms with Gasteiger partial charge < -0.3 is 10.7 Å². The van der Waals surface area contributed by atoms with E-state index in [1.54, 1.807) is 11.8 Å². The zero-order chi connectivity index (χ0) is 15.0. The molecule has 4 heteroatoms. The van der Waals surface area contributed by atoms with Crippen LogP contribution in [0.3, 0.4) is 0 Å². The lowest BCUT2D eigenvalue weighted by Gasteiger charge is -2.10. The smallest absolute Gasteiger partial charge is 0.166 e. The van der Waals surface area contributed by atoms with Gasteiger partial charge in [-0.3, -0.25) is 0 Å². The van der Waals surface area contributed by atoms with Gasteiger partial charge in [-0.15, -0.1) is 0 Å². The van der Waals surface area contributed by atoms with Crippen LogP contribution in [0.4, 0.5) is 5.69 Å². The van der Waals surface area contributed by atoms with E-state index < -0.39 is 0 Å². The molecule has 0 unspecified atom stereocenters. The predicted molar refractivity (Wildman–Crippen MR) is 90.7 cm³/mol. The van der Waals surface area contributed by atoms with Crippen LogP contribution in [0.2, 0.25) is 0 Å². The molecule has 0 radical (unpaired) electrons. The largest absolute Gasteiger partial charge is 0.399 e. The van der Waals surface area contributed by atoms with Crippen LogP contribution in [-0.4, -0.2) is 9.97 Å². The lowest BCUT2D eigenvalue weighted by atomic mass is 10.0. The van der Waals surface area contributed by atoms with Gasteiger partial charge in [0.1, 0.15) is 0 Å². The summed E-state index contributed by atoms with van der Waals surface area (Å²) in [6, 6.07) is 10.2. The summed E-state index contributed by atoms with van der Waals surface area (Å²) in [5.74, 6) is 0.924. The van der Waals surface area contributed by atoms with E-state index in [9.17, 15) is 0 Å². The summed E-state index contributed by atoms with van der Waals surface area (Å²) in [5.41, 5.74) is 13.9. The van der Waals surface area contributed by atoms with Crippen LogP contribution in [0.1, 0.15) is 22.3 Å². The third-order valence-corrected chi connectivity index (χ3v) is 4.58. The topological polar surface area (TPSA) is 54.7 Å². The number of nitrogens with one attached hydrogen (secondary N) is 1. The maximum atomic E-state index is 5.80. The number of imidazole rings is 1. The molecule has 108 valence electrons. The Labute approximate surface area is 129 Å². The van der Waals surface area contributed by atoms with E-state index in [-0.39, 0.29) is 0 Å². The van der Waals surface area contributed by atoms with E-state index in [1.165, 1.54) is 22.3 Å². The molecular formula is C17H19N3S. The summed E-state index contributed by atoms with van der Waals surface area (Å²) in [5, 5.41) is 0.940. The predicted octanol–water partition coefficient (Wildman–Crippen LogP) is 4.36. The molecule has 1 aromatic heterocycles. The van der Waals surface area contributed by atoms with Crippen LogP contribution < -0.4 is 5.73 Å². The quantitative estimate of drug-likeness (QED) is 0.558. The van der Waals surface area contributed by atoms with Crippen molar-refractivity contribution in [2.75, 3.05) is 5.73 Å². The van der Waals surface area contributed by atoms with Crippen molar-refractivity contribution in [1.82, 2.24) is 9.97 Å². The van der Waals surface area contributed by atoms with E-state index in [2.05, 4.69) is 42.9 Å². The molecule has 0 bridgehead atoms. The number of nitrogens with two attached hydrogens (primary N) is 1. The molecule has 2 aromatic carbocycles. The van der Waals surface area contributed by atoms with E-state index in [1.807, 2.05) is 18.2 Å². The van der Waals surface area contributed by atoms with Crippen molar-refractivity contribution < 1.29 is 0 Å². The van der Waals surface area contributed by atoms with E-state index >= 15 is 0 Å². The number of H-pyrrole nitrogens is 1. The van der Waals surface area contributed by atoms with Gasteiger partial charge in [-0.05, 0) is 55.7 Å². The highest BCUT2D eigenvalue weighted by Crippen LogP contribution is 2.27. The van der Waals surface area contributed by atoms with Crippen molar-refractivity contribution in [2.24, 2.45) is 0 Å².